The summed E-state index contributed by atoms with van der Waals surface area (Å²) >= 11 is 0.902. The first-order valence-corrected chi connectivity index (χ1v) is 15.9. The summed E-state index contributed by atoms with van der Waals surface area (Å²) in [6.07, 6.45) is -0.814. The third-order valence-electron chi connectivity index (χ3n) is 5.49. The molecule has 0 aliphatic rings. The number of sulfonamides is 1. The van der Waals surface area contributed by atoms with E-state index in [1.54, 1.807) is 65.8 Å². The largest absolute Gasteiger partial charge is 0.497 e. The SMILES string of the molecule is COc1ccc(CN(c2scnc2C(=O)OC(C)(C)C)S(=O)(=O)c2ccc(NC(=O)CNNC(=O)OC(C)(C)C)c(F)c2)cc1. The Hall–Kier alpha value is -4.28. The number of carbonyl (C=O) groups is 3. The van der Waals surface area contributed by atoms with E-state index in [1.807, 2.05) is 0 Å². The molecule has 0 saturated carbocycles. The van der Waals surface area contributed by atoms with Crippen molar-refractivity contribution in [2.24, 2.45) is 0 Å². The molecule has 45 heavy (non-hydrogen) atoms. The van der Waals surface area contributed by atoms with Gasteiger partial charge >= 0.3 is 12.1 Å². The fourth-order valence-electron chi connectivity index (χ4n) is 3.63. The molecule has 0 radical (unpaired) electrons. The lowest BCUT2D eigenvalue weighted by atomic mass is 10.2. The zero-order valence-corrected chi connectivity index (χ0v) is 27.5. The summed E-state index contributed by atoms with van der Waals surface area (Å²) < 4.78 is 59.8. The van der Waals surface area contributed by atoms with Gasteiger partial charge in [0.05, 0.1) is 36.3 Å². The summed E-state index contributed by atoms with van der Waals surface area (Å²) in [5.41, 5.74) is 4.26. The molecule has 0 aliphatic carbocycles. The lowest BCUT2D eigenvalue weighted by Gasteiger charge is -2.25. The molecule has 13 nitrogen and oxygen atoms in total. The van der Waals surface area contributed by atoms with Crippen LogP contribution in [0.15, 0.2) is 52.9 Å². The van der Waals surface area contributed by atoms with E-state index in [9.17, 15) is 22.8 Å². The Balaban J connectivity index is 1.87. The van der Waals surface area contributed by atoms with Crippen molar-refractivity contribution in [2.45, 2.75) is 64.2 Å². The van der Waals surface area contributed by atoms with Gasteiger partial charge in [0.25, 0.3) is 10.0 Å². The number of rotatable bonds is 11. The Bertz CT molecular complexity index is 1630. The van der Waals surface area contributed by atoms with Crippen molar-refractivity contribution in [3.05, 3.63) is 65.0 Å². The summed E-state index contributed by atoms with van der Waals surface area (Å²) in [6.45, 7) is 9.33. The number of thiazole rings is 1. The Labute approximate surface area is 265 Å². The summed E-state index contributed by atoms with van der Waals surface area (Å²) in [5.74, 6) is -2.04. The highest BCUT2D eigenvalue weighted by molar-refractivity contribution is 7.93. The molecule has 3 N–H and O–H groups in total. The first-order valence-electron chi connectivity index (χ1n) is 13.5. The van der Waals surface area contributed by atoms with Crippen molar-refractivity contribution >= 4 is 50.0 Å². The van der Waals surface area contributed by atoms with Crippen LogP contribution in [0.4, 0.5) is 19.9 Å². The van der Waals surface area contributed by atoms with Crippen LogP contribution in [0, 0.1) is 5.82 Å². The van der Waals surface area contributed by atoms with Crippen molar-refractivity contribution < 1.29 is 41.4 Å². The van der Waals surface area contributed by atoms with Gasteiger partial charge in [0.1, 0.15) is 27.8 Å². The molecule has 1 aromatic heterocycles. The molecule has 0 bridgehead atoms. The fraction of sp³-hybridized carbons (Fsp3) is 0.379. The average molecular weight is 666 g/mol. The van der Waals surface area contributed by atoms with Crippen molar-refractivity contribution in [1.29, 1.82) is 0 Å². The second-order valence-electron chi connectivity index (χ2n) is 11.5. The quantitative estimate of drug-likeness (QED) is 0.195. The van der Waals surface area contributed by atoms with Gasteiger partial charge in [0.2, 0.25) is 5.91 Å². The third kappa shape index (κ3) is 10.1. The van der Waals surface area contributed by atoms with Crippen LogP contribution < -0.4 is 25.2 Å². The molecular formula is C29H36FN5O8S2. The molecular weight excluding hydrogens is 629 g/mol. The van der Waals surface area contributed by atoms with E-state index in [2.05, 4.69) is 21.2 Å². The standard InChI is InChI=1S/C29H36FN5O8S2/c1-28(2,3)42-26(37)24-25(44-17-31-24)35(16-18-8-10-19(41-7)11-9-18)45(39,40)20-12-13-22(21(30)14-20)33-23(36)15-32-34-27(38)43-29(4,5)6/h8-14,17,32H,15-16H2,1-7H3,(H,33,36)(H,34,38). The second-order valence-corrected chi connectivity index (χ2v) is 14.2. The maximum absolute atomic E-state index is 15.2. The number of methoxy groups -OCH3 is 1. The van der Waals surface area contributed by atoms with Crippen LogP contribution in [0.5, 0.6) is 5.75 Å². The van der Waals surface area contributed by atoms with Crippen LogP contribution >= 0.6 is 11.3 Å². The number of nitrogens with one attached hydrogen (secondary N) is 3. The number of amides is 2. The summed E-state index contributed by atoms with van der Waals surface area (Å²) in [7, 11) is -3.01. The van der Waals surface area contributed by atoms with Gasteiger partial charge in [-0.15, -0.1) is 11.3 Å². The summed E-state index contributed by atoms with van der Waals surface area (Å²) in [6, 6.07) is 9.57. The first kappa shape index (κ1) is 35.2. The molecule has 2 aromatic carbocycles. The van der Waals surface area contributed by atoms with Gasteiger partial charge in [-0.25, -0.2) is 32.8 Å². The molecule has 1 heterocycles. The van der Waals surface area contributed by atoms with Crippen LogP contribution in [0.25, 0.3) is 0 Å². The lowest BCUT2D eigenvalue weighted by Crippen LogP contribution is -2.44. The summed E-state index contributed by atoms with van der Waals surface area (Å²) in [5, 5.41) is 2.28. The van der Waals surface area contributed by atoms with E-state index in [1.165, 1.54) is 12.6 Å². The normalized spacial score (nSPS) is 11.8. The number of benzene rings is 2. The van der Waals surface area contributed by atoms with E-state index in [4.69, 9.17) is 14.2 Å². The van der Waals surface area contributed by atoms with Gasteiger partial charge in [-0.2, -0.15) is 0 Å². The number of halogens is 1. The molecule has 0 aliphatic heterocycles. The zero-order chi connectivity index (χ0) is 33.6. The van der Waals surface area contributed by atoms with E-state index in [0.717, 1.165) is 33.8 Å². The molecule has 16 heteroatoms. The number of hydrogen-bond acceptors (Lipinski definition) is 11. The van der Waals surface area contributed by atoms with Gasteiger partial charge in [-0.1, -0.05) is 12.1 Å². The van der Waals surface area contributed by atoms with Crippen molar-refractivity contribution in [2.75, 3.05) is 23.3 Å². The predicted molar refractivity (Wildman–Crippen MR) is 166 cm³/mol. The number of carbonyl (C=O) groups excluding carboxylic acids is 3. The maximum atomic E-state index is 15.2. The summed E-state index contributed by atoms with van der Waals surface area (Å²) in [4.78, 5) is 40.6. The fourth-order valence-corrected chi connectivity index (χ4v) is 6.11. The third-order valence-corrected chi connectivity index (χ3v) is 8.20. The van der Waals surface area contributed by atoms with Crippen LogP contribution in [0.1, 0.15) is 57.6 Å². The second kappa shape index (κ2) is 14.2. The highest BCUT2D eigenvalue weighted by atomic mass is 32.2. The number of ether oxygens (including phenoxy) is 3. The monoisotopic (exact) mass is 665 g/mol. The minimum Gasteiger partial charge on any atom is -0.497 e. The Morgan fingerprint density at radius 2 is 1.62 bits per heavy atom. The van der Waals surface area contributed by atoms with E-state index < -0.39 is 56.5 Å². The van der Waals surface area contributed by atoms with Gasteiger partial charge in [0.15, 0.2) is 5.69 Å². The topological polar surface area (TPSA) is 165 Å². The minimum absolute atomic E-state index is 0.0265. The van der Waals surface area contributed by atoms with Gasteiger partial charge in [-0.05, 0) is 77.4 Å². The molecule has 3 aromatic rings. The molecule has 3 rings (SSSR count). The average Bonchev–Trinajstić information content (AvgIpc) is 3.41. The van der Waals surface area contributed by atoms with E-state index in [-0.39, 0.29) is 22.9 Å². The number of anilines is 2. The van der Waals surface area contributed by atoms with Gasteiger partial charge in [0, 0.05) is 0 Å². The van der Waals surface area contributed by atoms with E-state index in [0.29, 0.717) is 11.3 Å². The van der Waals surface area contributed by atoms with Crippen LogP contribution in [0.3, 0.4) is 0 Å². The van der Waals surface area contributed by atoms with Crippen LogP contribution in [0.2, 0.25) is 0 Å². The Morgan fingerprint density at radius 3 is 2.20 bits per heavy atom. The number of hydrazine groups is 1. The Kier molecular flexibility index (Phi) is 11.1. The lowest BCUT2D eigenvalue weighted by molar-refractivity contribution is -0.115. The van der Waals surface area contributed by atoms with Crippen LogP contribution in [-0.4, -0.2) is 56.2 Å². The van der Waals surface area contributed by atoms with Crippen molar-refractivity contribution in [3.8, 4) is 5.75 Å². The highest BCUT2D eigenvalue weighted by Gasteiger charge is 2.33. The first-order chi connectivity index (χ1) is 20.9. The van der Waals surface area contributed by atoms with Gasteiger partial charge < -0.3 is 19.5 Å². The predicted octanol–water partition coefficient (Wildman–Crippen LogP) is 4.61. The molecule has 0 atom stereocenters. The number of aromatic nitrogens is 1. The molecule has 2 amide bonds. The smallest absolute Gasteiger partial charge is 0.422 e. The molecule has 0 spiro atoms. The maximum Gasteiger partial charge on any atom is 0.422 e. The molecule has 0 fully saturated rings. The molecule has 244 valence electrons. The van der Waals surface area contributed by atoms with Crippen molar-refractivity contribution in [1.82, 2.24) is 15.8 Å². The number of esters is 1. The molecule has 0 saturated heterocycles. The zero-order valence-electron chi connectivity index (χ0n) is 25.9. The minimum atomic E-state index is -4.51. The van der Waals surface area contributed by atoms with E-state index >= 15 is 4.39 Å². The Morgan fingerprint density at radius 1 is 0.978 bits per heavy atom. The van der Waals surface area contributed by atoms with Crippen molar-refractivity contribution in [3.63, 3.8) is 0 Å². The molecule has 0 unspecified atom stereocenters. The van der Waals surface area contributed by atoms with Gasteiger partial charge in [-0.3, -0.25) is 14.5 Å². The number of nitrogens with zero attached hydrogens (tertiary/aromatic N) is 2. The highest BCUT2D eigenvalue weighted by Crippen LogP contribution is 2.34. The van der Waals surface area contributed by atoms with Crippen LogP contribution in [-0.2, 0) is 30.8 Å². The number of hydrogen-bond donors (Lipinski definition) is 3.